The zero-order chi connectivity index (χ0) is 12.2. The minimum atomic E-state index is -2.97. The van der Waals surface area contributed by atoms with Crippen LogP contribution in [0.1, 0.15) is 32.8 Å². The van der Waals surface area contributed by atoms with E-state index in [0.717, 1.165) is 5.56 Å². The standard InChI is InChI=1S/C13H20O2S/c1-13(2,3)9-10-16(14,15)11-12-7-5-4-6-8-12/h4-8H,9-11H2,1-3H3. The molecule has 0 N–H and O–H groups in total. The molecule has 1 aromatic carbocycles. The number of hydrogen-bond donors (Lipinski definition) is 0. The topological polar surface area (TPSA) is 34.1 Å². The van der Waals surface area contributed by atoms with Crippen molar-refractivity contribution in [2.45, 2.75) is 32.9 Å². The first-order chi connectivity index (χ1) is 7.29. The third-order valence-electron chi connectivity index (χ3n) is 2.39. The molecule has 0 saturated heterocycles. The Bertz CT molecular complexity index is 413. The first-order valence-corrected chi connectivity index (χ1v) is 7.35. The van der Waals surface area contributed by atoms with Gasteiger partial charge in [0, 0.05) is 0 Å². The van der Waals surface area contributed by atoms with Crippen molar-refractivity contribution >= 4 is 9.84 Å². The van der Waals surface area contributed by atoms with E-state index >= 15 is 0 Å². The van der Waals surface area contributed by atoms with E-state index < -0.39 is 9.84 Å². The highest BCUT2D eigenvalue weighted by atomic mass is 32.2. The molecule has 0 atom stereocenters. The van der Waals surface area contributed by atoms with Gasteiger partial charge in [0.05, 0.1) is 11.5 Å². The summed E-state index contributed by atoms with van der Waals surface area (Å²) in [5, 5.41) is 0. The van der Waals surface area contributed by atoms with Crippen molar-refractivity contribution < 1.29 is 8.42 Å². The van der Waals surface area contributed by atoms with Gasteiger partial charge in [-0.1, -0.05) is 51.1 Å². The summed E-state index contributed by atoms with van der Waals surface area (Å²) < 4.78 is 23.7. The molecule has 0 radical (unpaired) electrons. The molecule has 0 aliphatic heterocycles. The molecule has 0 aromatic heterocycles. The van der Waals surface area contributed by atoms with Crippen LogP contribution in [0.3, 0.4) is 0 Å². The van der Waals surface area contributed by atoms with Gasteiger partial charge >= 0.3 is 0 Å². The first-order valence-electron chi connectivity index (χ1n) is 5.53. The lowest BCUT2D eigenvalue weighted by atomic mass is 9.94. The Balaban J connectivity index is 2.60. The van der Waals surface area contributed by atoms with Crippen molar-refractivity contribution in [1.82, 2.24) is 0 Å². The van der Waals surface area contributed by atoms with E-state index in [-0.39, 0.29) is 16.9 Å². The zero-order valence-corrected chi connectivity index (χ0v) is 11.0. The van der Waals surface area contributed by atoms with Crippen molar-refractivity contribution in [3.05, 3.63) is 35.9 Å². The molecule has 0 aliphatic carbocycles. The van der Waals surface area contributed by atoms with Gasteiger partial charge in [-0.2, -0.15) is 0 Å². The zero-order valence-electron chi connectivity index (χ0n) is 10.2. The SMILES string of the molecule is CC(C)(C)CCS(=O)(=O)Cc1ccccc1. The minimum absolute atomic E-state index is 0.0732. The second kappa shape index (κ2) is 5.00. The monoisotopic (exact) mass is 240 g/mol. The number of benzene rings is 1. The first kappa shape index (κ1) is 13.2. The van der Waals surface area contributed by atoms with Gasteiger partial charge in [0.15, 0.2) is 9.84 Å². The largest absolute Gasteiger partial charge is 0.228 e. The maximum Gasteiger partial charge on any atom is 0.154 e. The normalized spacial score (nSPS) is 12.7. The fourth-order valence-electron chi connectivity index (χ4n) is 1.36. The van der Waals surface area contributed by atoms with E-state index in [1.807, 2.05) is 30.3 Å². The molecule has 0 aliphatic rings. The van der Waals surface area contributed by atoms with Crippen LogP contribution in [0.15, 0.2) is 30.3 Å². The van der Waals surface area contributed by atoms with Gasteiger partial charge in [0.2, 0.25) is 0 Å². The number of rotatable bonds is 4. The molecule has 0 bridgehead atoms. The Hall–Kier alpha value is -0.830. The fourth-order valence-corrected chi connectivity index (χ4v) is 3.13. The van der Waals surface area contributed by atoms with Crippen molar-refractivity contribution in [1.29, 1.82) is 0 Å². The molecule has 90 valence electrons. The lowest BCUT2D eigenvalue weighted by Gasteiger charge is -2.17. The summed E-state index contributed by atoms with van der Waals surface area (Å²) in [6.45, 7) is 6.18. The second-order valence-electron chi connectivity index (χ2n) is 5.39. The van der Waals surface area contributed by atoms with Crippen molar-refractivity contribution in [2.75, 3.05) is 5.75 Å². The van der Waals surface area contributed by atoms with Crippen LogP contribution in [-0.4, -0.2) is 14.2 Å². The smallest absolute Gasteiger partial charge is 0.154 e. The fraction of sp³-hybridized carbons (Fsp3) is 0.538. The van der Waals surface area contributed by atoms with Gasteiger partial charge in [0.25, 0.3) is 0 Å². The van der Waals surface area contributed by atoms with E-state index in [0.29, 0.717) is 6.42 Å². The van der Waals surface area contributed by atoms with Crippen LogP contribution in [0.4, 0.5) is 0 Å². The van der Waals surface area contributed by atoms with Gasteiger partial charge < -0.3 is 0 Å². The predicted octanol–water partition coefficient (Wildman–Crippen LogP) is 3.04. The molecule has 0 unspecified atom stereocenters. The molecule has 0 saturated carbocycles. The van der Waals surface area contributed by atoms with Gasteiger partial charge in [-0.3, -0.25) is 0 Å². The Morgan fingerprint density at radius 1 is 1.06 bits per heavy atom. The maximum absolute atomic E-state index is 11.8. The molecule has 0 fully saturated rings. The quantitative estimate of drug-likeness (QED) is 0.810. The van der Waals surface area contributed by atoms with Gasteiger partial charge in [-0.05, 0) is 17.4 Å². The molecule has 0 amide bonds. The van der Waals surface area contributed by atoms with Crippen molar-refractivity contribution in [2.24, 2.45) is 5.41 Å². The van der Waals surface area contributed by atoms with Crippen LogP contribution in [0.5, 0.6) is 0 Å². The summed E-state index contributed by atoms with van der Waals surface area (Å²) in [5.41, 5.74) is 0.945. The Morgan fingerprint density at radius 2 is 1.62 bits per heavy atom. The molecular weight excluding hydrogens is 220 g/mol. The Morgan fingerprint density at radius 3 is 2.12 bits per heavy atom. The van der Waals surface area contributed by atoms with E-state index in [1.54, 1.807) is 0 Å². The van der Waals surface area contributed by atoms with Gasteiger partial charge in [0.1, 0.15) is 0 Å². The highest BCUT2D eigenvalue weighted by Gasteiger charge is 2.17. The van der Waals surface area contributed by atoms with Crippen LogP contribution in [0.2, 0.25) is 0 Å². The molecule has 16 heavy (non-hydrogen) atoms. The Labute approximate surface area is 98.6 Å². The highest BCUT2D eigenvalue weighted by Crippen LogP contribution is 2.20. The predicted molar refractivity (Wildman–Crippen MR) is 68.0 cm³/mol. The lowest BCUT2D eigenvalue weighted by molar-refractivity contribution is 0.397. The second-order valence-corrected chi connectivity index (χ2v) is 7.57. The van der Waals surface area contributed by atoms with Crippen LogP contribution in [0.25, 0.3) is 0 Å². The molecule has 1 rings (SSSR count). The average molecular weight is 240 g/mol. The van der Waals surface area contributed by atoms with Gasteiger partial charge in [-0.15, -0.1) is 0 Å². The van der Waals surface area contributed by atoms with Crippen LogP contribution in [-0.2, 0) is 15.6 Å². The maximum atomic E-state index is 11.8. The molecule has 0 spiro atoms. The highest BCUT2D eigenvalue weighted by molar-refractivity contribution is 7.90. The van der Waals surface area contributed by atoms with E-state index in [9.17, 15) is 8.42 Å². The minimum Gasteiger partial charge on any atom is -0.228 e. The van der Waals surface area contributed by atoms with E-state index in [2.05, 4.69) is 20.8 Å². The molecule has 2 nitrogen and oxygen atoms in total. The Kier molecular flexibility index (Phi) is 4.14. The summed E-state index contributed by atoms with van der Waals surface area (Å²) in [6, 6.07) is 9.35. The average Bonchev–Trinajstić information content (AvgIpc) is 2.15. The summed E-state index contributed by atoms with van der Waals surface area (Å²) in [7, 11) is -2.97. The van der Waals surface area contributed by atoms with Crippen molar-refractivity contribution in [3.8, 4) is 0 Å². The number of hydrogen-bond acceptors (Lipinski definition) is 2. The lowest BCUT2D eigenvalue weighted by Crippen LogP contribution is -2.16. The van der Waals surface area contributed by atoms with Crippen molar-refractivity contribution in [3.63, 3.8) is 0 Å². The summed E-state index contributed by atoms with van der Waals surface area (Å²) in [5.74, 6) is 0.426. The summed E-state index contributed by atoms with van der Waals surface area (Å²) in [4.78, 5) is 0. The van der Waals surface area contributed by atoms with E-state index in [4.69, 9.17) is 0 Å². The van der Waals surface area contributed by atoms with Crippen LogP contribution in [0, 0.1) is 5.41 Å². The van der Waals surface area contributed by atoms with Crippen LogP contribution < -0.4 is 0 Å². The third-order valence-corrected chi connectivity index (χ3v) is 3.99. The molecule has 3 heteroatoms. The number of sulfone groups is 1. The molecular formula is C13H20O2S. The third kappa shape index (κ3) is 5.31. The molecule has 1 aromatic rings. The molecule has 0 heterocycles. The summed E-state index contributed by atoms with van der Waals surface area (Å²) >= 11 is 0. The summed E-state index contributed by atoms with van der Waals surface area (Å²) in [6.07, 6.45) is 0.710. The van der Waals surface area contributed by atoms with Crippen LogP contribution >= 0.6 is 0 Å². The van der Waals surface area contributed by atoms with E-state index in [1.165, 1.54) is 0 Å². The van der Waals surface area contributed by atoms with Gasteiger partial charge in [-0.25, -0.2) is 8.42 Å².